The van der Waals surface area contributed by atoms with Gasteiger partial charge in [-0.05, 0) is 49.6 Å². The fourth-order valence-corrected chi connectivity index (χ4v) is 3.73. The largest absolute Gasteiger partial charge is 0.486 e. The summed E-state index contributed by atoms with van der Waals surface area (Å²) in [6, 6.07) is 17.2. The van der Waals surface area contributed by atoms with E-state index in [9.17, 15) is 9.59 Å². The molecule has 1 atom stereocenters. The number of carbonyl (C=O) groups is 1. The highest BCUT2D eigenvalue weighted by molar-refractivity contribution is 5.76. The topological polar surface area (TPSA) is 82.5 Å². The molecule has 1 amide bonds. The molecule has 0 saturated carbocycles. The van der Waals surface area contributed by atoms with Crippen LogP contribution in [0, 0.1) is 13.8 Å². The number of nitrogens with one attached hydrogen (secondary N) is 1. The van der Waals surface area contributed by atoms with E-state index in [0.29, 0.717) is 42.5 Å². The van der Waals surface area contributed by atoms with Crippen LogP contribution in [-0.4, -0.2) is 28.7 Å². The van der Waals surface area contributed by atoms with Crippen LogP contribution in [0.4, 0.5) is 0 Å². The number of hydrogen-bond acceptors (Lipinski definition) is 5. The fraction of sp³-hybridized carbons (Fsp3) is 0.292. The zero-order valence-electron chi connectivity index (χ0n) is 17.6. The van der Waals surface area contributed by atoms with E-state index in [0.717, 1.165) is 11.1 Å². The van der Waals surface area contributed by atoms with Crippen molar-refractivity contribution in [1.29, 1.82) is 0 Å². The Morgan fingerprint density at radius 1 is 1.06 bits per heavy atom. The maximum absolute atomic E-state index is 12.9. The summed E-state index contributed by atoms with van der Waals surface area (Å²) in [5, 5.41) is 3.08. The first kappa shape index (κ1) is 20.7. The van der Waals surface area contributed by atoms with Gasteiger partial charge in [-0.1, -0.05) is 36.4 Å². The highest BCUT2D eigenvalue weighted by atomic mass is 16.6. The van der Waals surface area contributed by atoms with Crippen molar-refractivity contribution < 1.29 is 14.3 Å². The number of carbonyl (C=O) groups excluding carboxylic acids is 1. The molecule has 7 nitrogen and oxygen atoms in total. The second kappa shape index (κ2) is 9.04. The Labute approximate surface area is 180 Å². The number of aromatic nitrogens is 2. The lowest BCUT2D eigenvalue weighted by molar-refractivity contribution is -0.122. The first-order valence-corrected chi connectivity index (χ1v) is 10.3. The van der Waals surface area contributed by atoms with Crippen molar-refractivity contribution >= 4 is 5.91 Å². The van der Waals surface area contributed by atoms with Crippen molar-refractivity contribution in [3.05, 3.63) is 87.6 Å². The minimum absolute atomic E-state index is 0.0895. The lowest BCUT2D eigenvalue weighted by atomic mass is 9.98. The smallest absolute Gasteiger partial charge is 0.348 e. The third kappa shape index (κ3) is 4.94. The molecular weight excluding hydrogens is 394 g/mol. The molecule has 1 aromatic heterocycles. The molecule has 0 saturated heterocycles. The van der Waals surface area contributed by atoms with Crippen LogP contribution in [0.2, 0.25) is 0 Å². The molecule has 1 N–H and O–H groups in total. The quantitative estimate of drug-likeness (QED) is 0.664. The summed E-state index contributed by atoms with van der Waals surface area (Å²) in [5.74, 6) is 1.12. The maximum atomic E-state index is 12.9. The molecule has 0 fully saturated rings. The second-order valence-corrected chi connectivity index (χ2v) is 7.62. The van der Waals surface area contributed by atoms with Gasteiger partial charge < -0.3 is 14.8 Å². The van der Waals surface area contributed by atoms with Gasteiger partial charge in [-0.3, -0.25) is 9.36 Å². The van der Waals surface area contributed by atoms with Crippen molar-refractivity contribution in [2.75, 3.05) is 13.2 Å². The molecule has 2 aromatic carbocycles. The Hall–Kier alpha value is -3.61. The van der Waals surface area contributed by atoms with E-state index in [1.165, 1.54) is 4.57 Å². The van der Waals surface area contributed by atoms with Gasteiger partial charge in [0.05, 0.1) is 6.04 Å². The van der Waals surface area contributed by atoms with E-state index in [4.69, 9.17) is 9.47 Å². The number of aryl methyl sites for hydroxylation is 2. The molecule has 4 rings (SSSR count). The van der Waals surface area contributed by atoms with Crippen molar-refractivity contribution in [3.8, 4) is 11.5 Å². The second-order valence-electron chi connectivity index (χ2n) is 7.62. The summed E-state index contributed by atoms with van der Waals surface area (Å²) in [6.07, 6.45) is 0.603. The first-order valence-electron chi connectivity index (χ1n) is 10.3. The molecule has 3 aromatic rings. The predicted molar refractivity (Wildman–Crippen MR) is 116 cm³/mol. The van der Waals surface area contributed by atoms with Gasteiger partial charge >= 0.3 is 5.69 Å². The van der Waals surface area contributed by atoms with Crippen LogP contribution in [0.5, 0.6) is 11.5 Å². The average Bonchev–Trinajstić information content (AvgIpc) is 2.76. The molecule has 0 aliphatic carbocycles. The summed E-state index contributed by atoms with van der Waals surface area (Å²) in [5.41, 5.74) is 2.91. The molecule has 2 heterocycles. The van der Waals surface area contributed by atoms with Gasteiger partial charge in [0.2, 0.25) is 5.91 Å². The standard InChI is InChI=1S/C24H25N3O4/c1-16-12-17(2)27(24(29)25-16)15-23(28)26-20(13-18-6-4-3-5-7-18)19-8-9-21-22(14-19)31-11-10-30-21/h3-9,12,14,20H,10-11,13,15H2,1-2H3,(H,26,28). The number of hydrogen-bond donors (Lipinski definition) is 1. The molecule has 1 aliphatic rings. The zero-order chi connectivity index (χ0) is 21.8. The molecule has 0 radical (unpaired) electrons. The third-order valence-corrected chi connectivity index (χ3v) is 5.23. The van der Waals surface area contributed by atoms with E-state index in [2.05, 4.69) is 10.3 Å². The number of rotatable bonds is 6. The average molecular weight is 419 g/mol. The molecule has 1 aliphatic heterocycles. The van der Waals surface area contributed by atoms with Gasteiger partial charge in [-0.2, -0.15) is 4.98 Å². The zero-order valence-corrected chi connectivity index (χ0v) is 17.6. The predicted octanol–water partition coefficient (Wildman–Crippen LogP) is 2.73. The van der Waals surface area contributed by atoms with Gasteiger partial charge in [-0.25, -0.2) is 4.79 Å². The van der Waals surface area contributed by atoms with Gasteiger partial charge in [-0.15, -0.1) is 0 Å². The molecular formula is C24H25N3O4. The lowest BCUT2D eigenvalue weighted by Gasteiger charge is -2.23. The van der Waals surface area contributed by atoms with E-state index >= 15 is 0 Å². The van der Waals surface area contributed by atoms with Crippen molar-refractivity contribution in [2.24, 2.45) is 0 Å². The Bertz CT molecular complexity index is 1140. The number of ether oxygens (including phenoxy) is 2. The lowest BCUT2D eigenvalue weighted by Crippen LogP contribution is -2.37. The van der Waals surface area contributed by atoms with Crippen molar-refractivity contribution in [2.45, 2.75) is 32.9 Å². The number of nitrogens with zero attached hydrogens (tertiary/aromatic N) is 2. The molecule has 1 unspecified atom stereocenters. The Kier molecular flexibility index (Phi) is 6.02. The van der Waals surface area contributed by atoms with E-state index in [1.54, 1.807) is 19.9 Å². The van der Waals surface area contributed by atoms with E-state index in [1.807, 2.05) is 48.5 Å². The first-order chi connectivity index (χ1) is 15.0. The summed E-state index contributed by atoms with van der Waals surface area (Å²) in [7, 11) is 0. The number of amides is 1. The van der Waals surface area contributed by atoms with Gasteiger partial charge in [0.1, 0.15) is 19.8 Å². The van der Waals surface area contributed by atoms with E-state index in [-0.39, 0.29) is 18.5 Å². The summed E-state index contributed by atoms with van der Waals surface area (Å²) < 4.78 is 12.7. The molecule has 7 heteroatoms. The minimum Gasteiger partial charge on any atom is -0.486 e. The highest BCUT2D eigenvalue weighted by Crippen LogP contribution is 2.33. The van der Waals surface area contributed by atoms with Gasteiger partial charge in [0.15, 0.2) is 11.5 Å². The summed E-state index contributed by atoms with van der Waals surface area (Å²) >= 11 is 0. The summed E-state index contributed by atoms with van der Waals surface area (Å²) in [6.45, 7) is 4.49. The highest BCUT2D eigenvalue weighted by Gasteiger charge is 2.20. The maximum Gasteiger partial charge on any atom is 0.348 e. The Morgan fingerprint density at radius 3 is 2.55 bits per heavy atom. The van der Waals surface area contributed by atoms with E-state index < -0.39 is 5.69 Å². The van der Waals surface area contributed by atoms with Gasteiger partial charge in [0.25, 0.3) is 0 Å². The fourth-order valence-electron chi connectivity index (χ4n) is 3.73. The molecule has 0 bridgehead atoms. The molecule has 0 spiro atoms. The monoisotopic (exact) mass is 419 g/mol. The van der Waals surface area contributed by atoms with Crippen LogP contribution >= 0.6 is 0 Å². The summed E-state index contributed by atoms with van der Waals surface area (Å²) in [4.78, 5) is 29.1. The van der Waals surface area contributed by atoms with Crippen LogP contribution in [0.15, 0.2) is 59.4 Å². The van der Waals surface area contributed by atoms with Crippen LogP contribution in [-0.2, 0) is 17.8 Å². The normalized spacial score (nSPS) is 13.5. The van der Waals surface area contributed by atoms with Gasteiger partial charge in [0, 0.05) is 11.4 Å². The van der Waals surface area contributed by atoms with Crippen LogP contribution in [0.3, 0.4) is 0 Å². The van der Waals surface area contributed by atoms with Crippen LogP contribution < -0.4 is 20.5 Å². The van der Waals surface area contributed by atoms with Crippen LogP contribution in [0.1, 0.15) is 28.6 Å². The van der Waals surface area contributed by atoms with Crippen molar-refractivity contribution in [3.63, 3.8) is 0 Å². The van der Waals surface area contributed by atoms with Crippen LogP contribution in [0.25, 0.3) is 0 Å². The molecule has 160 valence electrons. The Morgan fingerprint density at radius 2 is 1.81 bits per heavy atom. The number of benzene rings is 2. The number of fused-ring (bicyclic) bond motifs is 1. The van der Waals surface area contributed by atoms with Crippen molar-refractivity contribution in [1.82, 2.24) is 14.9 Å². The third-order valence-electron chi connectivity index (χ3n) is 5.23. The minimum atomic E-state index is -0.424. The SMILES string of the molecule is Cc1cc(C)n(CC(=O)NC(Cc2ccccc2)c2ccc3c(c2)OCCO3)c(=O)n1. The molecule has 31 heavy (non-hydrogen) atoms. The Balaban J connectivity index is 1.59.